The minimum absolute atomic E-state index is 0.125. The lowest BCUT2D eigenvalue weighted by Crippen LogP contribution is -2.34. The van der Waals surface area contributed by atoms with Gasteiger partial charge in [-0.05, 0) is 42.7 Å². The molecule has 0 aliphatic carbocycles. The van der Waals surface area contributed by atoms with Crippen molar-refractivity contribution in [3.8, 4) is 0 Å². The molecule has 122 valence electrons. The summed E-state index contributed by atoms with van der Waals surface area (Å²) in [5.74, 6) is 0. The van der Waals surface area contributed by atoms with Gasteiger partial charge in [-0.1, -0.05) is 54.8 Å². The van der Waals surface area contributed by atoms with E-state index in [2.05, 4.69) is 0 Å². The minimum Gasteiger partial charge on any atom is -0.207 e. The Kier molecular flexibility index (Phi) is 5.05. The van der Waals surface area contributed by atoms with Crippen LogP contribution in [0.15, 0.2) is 59.5 Å². The molecule has 3 rings (SSSR count). The van der Waals surface area contributed by atoms with E-state index in [9.17, 15) is 8.42 Å². The van der Waals surface area contributed by atoms with E-state index in [4.69, 9.17) is 11.6 Å². The van der Waals surface area contributed by atoms with E-state index in [1.165, 1.54) is 0 Å². The molecule has 0 saturated carbocycles. The quantitative estimate of drug-likeness (QED) is 0.809. The highest BCUT2D eigenvalue weighted by Gasteiger charge is 2.33. The second-order valence-electron chi connectivity index (χ2n) is 5.85. The molecular formula is C18H20ClNO2S. The standard InChI is InChI=1S/C18H20ClNO2S/c19-16-12-10-15(11-13-16)18-9-5-2-6-14-20(18)23(21,22)17-7-3-1-4-8-17/h1,3-4,7-8,10-13,18H,2,5-6,9,14H2. The maximum atomic E-state index is 13.1. The Morgan fingerprint density at radius 2 is 1.61 bits per heavy atom. The zero-order valence-electron chi connectivity index (χ0n) is 12.9. The molecular weight excluding hydrogens is 330 g/mol. The molecule has 2 aromatic rings. The third-order valence-corrected chi connectivity index (χ3v) is 6.48. The fraction of sp³-hybridized carbons (Fsp3) is 0.333. The number of rotatable bonds is 3. The zero-order valence-corrected chi connectivity index (χ0v) is 14.4. The van der Waals surface area contributed by atoms with Crippen LogP contribution in [0.5, 0.6) is 0 Å². The normalized spacial score (nSPS) is 20.1. The summed E-state index contributed by atoms with van der Waals surface area (Å²) < 4.78 is 27.8. The first kappa shape index (κ1) is 16.5. The van der Waals surface area contributed by atoms with Crippen molar-refractivity contribution in [3.63, 3.8) is 0 Å². The first-order valence-electron chi connectivity index (χ1n) is 7.91. The summed E-state index contributed by atoms with van der Waals surface area (Å²) >= 11 is 5.97. The van der Waals surface area contributed by atoms with Crippen molar-refractivity contribution in [2.75, 3.05) is 6.54 Å². The summed E-state index contributed by atoms with van der Waals surface area (Å²) in [7, 11) is -3.49. The Balaban J connectivity index is 2.01. The number of nitrogens with zero attached hydrogens (tertiary/aromatic N) is 1. The molecule has 1 fully saturated rings. The summed E-state index contributed by atoms with van der Waals surface area (Å²) in [6, 6.07) is 16.1. The summed E-state index contributed by atoms with van der Waals surface area (Å²) in [6.07, 6.45) is 3.84. The summed E-state index contributed by atoms with van der Waals surface area (Å²) in [4.78, 5) is 0.362. The van der Waals surface area contributed by atoms with Crippen molar-refractivity contribution in [3.05, 3.63) is 65.2 Å². The van der Waals surface area contributed by atoms with Crippen molar-refractivity contribution in [1.82, 2.24) is 4.31 Å². The SMILES string of the molecule is O=S(=O)(c1ccccc1)N1CCCCCC1c1ccc(Cl)cc1. The smallest absolute Gasteiger partial charge is 0.207 e. The number of halogens is 1. The van der Waals surface area contributed by atoms with Gasteiger partial charge in [0, 0.05) is 11.6 Å². The predicted molar refractivity (Wildman–Crippen MR) is 93.0 cm³/mol. The van der Waals surface area contributed by atoms with Gasteiger partial charge in [0.25, 0.3) is 0 Å². The van der Waals surface area contributed by atoms with Crippen LogP contribution in [-0.2, 0) is 10.0 Å². The van der Waals surface area contributed by atoms with Crippen LogP contribution in [0.1, 0.15) is 37.3 Å². The monoisotopic (exact) mass is 349 g/mol. The van der Waals surface area contributed by atoms with Crippen LogP contribution in [0, 0.1) is 0 Å². The molecule has 0 spiro atoms. The molecule has 3 nitrogen and oxygen atoms in total. The van der Waals surface area contributed by atoms with E-state index < -0.39 is 10.0 Å². The molecule has 1 unspecified atom stereocenters. The maximum absolute atomic E-state index is 13.1. The van der Waals surface area contributed by atoms with Gasteiger partial charge < -0.3 is 0 Å². The largest absolute Gasteiger partial charge is 0.243 e. The lowest BCUT2D eigenvalue weighted by Gasteiger charge is -2.29. The lowest BCUT2D eigenvalue weighted by molar-refractivity contribution is 0.329. The molecule has 23 heavy (non-hydrogen) atoms. The molecule has 0 radical (unpaired) electrons. The van der Waals surface area contributed by atoms with Crippen LogP contribution >= 0.6 is 11.6 Å². The molecule has 1 saturated heterocycles. The Hall–Kier alpha value is -1.36. The van der Waals surface area contributed by atoms with Gasteiger partial charge in [0.05, 0.1) is 10.9 Å². The Morgan fingerprint density at radius 1 is 0.913 bits per heavy atom. The van der Waals surface area contributed by atoms with Gasteiger partial charge in [0.2, 0.25) is 10.0 Å². The van der Waals surface area contributed by atoms with Gasteiger partial charge in [0.1, 0.15) is 0 Å². The van der Waals surface area contributed by atoms with Crippen molar-refractivity contribution >= 4 is 21.6 Å². The van der Waals surface area contributed by atoms with Gasteiger partial charge in [-0.15, -0.1) is 0 Å². The molecule has 1 aliphatic rings. The van der Waals surface area contributed by atoms with E-state index in [1.807, 2.05) is 30.3 Å². The Bertz CT molecular complexity index is 744. The topological polar surface area (TPSA) is 37.4 Å². The third-order valence-electron chi connectivity index (χ3n) is 4.31. The van der Waals surface area contributed by atoms with Crippen molar-refractivity contribution in [2.45, 2.75) is 36.6 Å². The minimum atomic E-state index is -3.49. The van der Waals surface area contributed by atoms with Crippen LogP contribution < -0.4 is 0 Å². The molecule has 1 heterocycles. The van der Waals surface area contributed by atoms with E-state index in [-0.39, 0.29) is 6.04 Å². The molecule has 0 amide bonds. The second-order valence-corrected chi connectivity index (χ2v) is 8.17. The predicted octanol–water partition coefficient (Wildman–Crippen LogP) is 4.65. The third kappa shape index (κ3) is 3.60. The van der Waals surface area contributed by atoms with Gasteiger partial charge in [-0.3, -0.25) is 0 Å². The van der Waals surface area contributed by atoms with Gasteiger partial charge >= 0.3 is 0 Å². The number of hydrogen-bond donors (Lipinski definition) is 0. The summed E-state index contributed by atoms with van der Waals surface area (Å²) in [5.41, 5.74) is 1.01. The van der Waals surface area contributed by atoms with Crippen LogP contribution in [0.2, 0.25) is 5.02 Å². The van der Waals surface area contributed by atoms with Gasteiger partial charge in [-0.25, -0.2) is 8.42 Å². The first-order valence-corrected chi connectivity index (χ1v) is 9.73. The highest BCUT2D eigenvalue weighted by Crippen LogP contribution is 2.35. The summed E-state index contributed by atoms with van der Waals surface area (Å²) in [5, 5.41) is 0.667. The average molecular weight is 350 g/mol. The lowest BCUT2D eigenvalue weighted by atomic mass is 10.0. The van der Waals surface area contributed by atoms with Crippen LogP contribution in [0.25, 0.3) is 0 Å². The van der Waals surface area contributed by atoms with Gasteiger partial charge in [0.15, 0.2) is 0 Å². The van der Waals surface area contributed by atoms with Crippen molar-refractivity contribution in [1.29, 1.82) is 0 Å². The van der Waals surface area contributed by atoms with Crippen LogP contribution in [0.3, 0.4) is 0 Å². The van der Waals surface area contributed by atoms with Crippen LogP contribution in [0.4, 0.5) is 0 Å². The van der Waals surface area contributed by atoms with E-state index in [1.54, 1.807) is 28.6 Å². The maximum Gasteiger partial charge on any atom is 0.243 e. The molecule has 5 heteroatoms. The molecule has 1 aliphatic heterocycles. The van der Waals surface area contributed by atoms with Crippen molar-refractivity contribution < 1.29 is 8.42 Å². The second kappa shape index (κ2) is 7.04. The van der Waals surface area contributed by atoms with Crippen molar-refractivity contribution in [2.24, 2.45) is 0 Å². The highest BCUT2D eigenvalue weighted by atomic mass is 35.5. The van der Waals surface area contributed by atoms with E-state index >= 15 is 0 Å². The molecule has 0 N–H and O–H groups in total. The summed E-state index contributed by atoms with van der Waals surface area (Å²) in [6.45, 7) is 0.560. The number of sulfonamides is 1. The number of benzene rings is 2. The number of hydrogen-bond acceptors (Lipinski definition) is 2. The molecule has 0 aromatic heterocycles. The highest BCUT2D eigenvalue weighted by molar-refractivity contribution is 7.89. The van der Waals surface area contributed by atoms with Gasteiger partial charge in [-0.2, -0.15) is 4.31 Å². The van der Waals surface area contributed by atoms with Crippen LogP contribution in [-0.4, -0.2) is 19.3 Å². The average Bonchev–Trinajstić information content (AvgIpc) is 2.83. The molecule has 2 aromatic carbocycles. The molecule has 1 atom stereocenters. The van der Waals surface area contributed by atoms with E-state index in [0.717, 1.165) is 31.2 Å². The molecule has 0 bridgehead atoms. The fourth-order valence-corrected chi connectivity index (χ4v) is 4.94. The first-order chi connectivity index (χ1) is 11.1. The fourth-order valence-electron chi connectivity index (χ4n) is 3.12. The Labute approximate surface area is 142 Å². The Morgan fingerprint density at radius 3 is 2.30 bits per heavy atom. The van der Waals surface area contributed by atoms with E-state index in [0.29, 0.717) is 16.5 Å². The zero-order chi connectivity index (χ0) is 16.3.